The molecular formula is C14H27N3O4S. The number of carbonyl (C=O) groups excluding carboxylic acids is 2. The van der Waals surface area contributed by atoms with Gasteiger partial charge in [-0.3, -0.25) is 9.59 Å². The zero-order chi connectivity index (χ0) is 17.2. The molecule has 4 N–H and O–H groups in total. The molecule has 22 heavy (non-hydrogen) atoms. The predicted octanol–water partition coefficient (Wildman–Crippen LogP) is 0.203. The standard InChI is InChI=1S/C14H27N3O4S/c1-5-22-7-6-11(18)17-10(13(20)21)8-15-12(19)9-16-14(2,3)4/h10,16H,5-9H2,1-4H3,(H,15,19)(H,17,18)(H,20,21)/t10-/m1/s1. The van der Waals surface area contributed by atoms with Gasteiger partial charge in [-0.2, -0.15) is 11.8 Å². The Morgan fingerprint density at radius 3 is 2.32 bits per heavy atom. The Labute approximate surface area is 136 Å². The van der Waals surface area contributed by atoms with Gasteiger partial charge < -0.3 is 21.1 Å². The molecule has 1 atom stereocenters. The Kier molecular flexibility index (Phi) is 9.84. The van der Waals surface area contributed by atoms with Crippen LogP contribution in [-0.4, -0.2) is 59.1 Å². The maximum absolute atomic E-state index is 11.6. The second-order valence-corrected chi connectivity index (χ2v) is 7.21. The van der Waals surface area contributed by atoms with Crippen molar-refractivity contribution in [2.24, 2.45) is 0 Å². The van der Waals surface area contributed by atoms with Gasteiger partial charge in [-0.15, -0.1) is 0 Å². The van der Waals surface area contributed by atoms with Crippen molar-refractivity contribution < 1.29 is 19.5 Å². The highest BCUT2D eigenvalue weighted by molar-refractivity contribution is 7.99. The van der Waals surface area contributed by atoms with Crippen molar-refractivity contribution in [1.29, 1.82) is 0 Å². The lowest BCUT2D eigenvalue weighted by Gasteiger charge is -2.20. The normalized spacial score (nSPS) is 12.5. The fourth-order valence-corrected chi connectivity index (χ4v) is 2.02. The molecule has 0 aromatic rings. The number of carbonyl (C=O) groups is 3. The van der Waals surface area contributed by atoms with Gasteiger partial charge in [0.1, 0.15) is 6.04 Å². The van der Waals surface area contributed by atoms with E-state index in [1.54, 1.807) is 11.8 Å². The first-order valence-corrected chi connectivity index (χ1v) is 8.42. The number of rotatable bonds is 10. The number of carboxylic acids is 1. The van der Waals surface area contributed by atoms with Crippen molar-refractivity contribution in [2.45, 2.75) is 45.7 Å². The van der Waals surface area contributed by atoms with E-state index < -0.39 is 12.0 Å². The number of nitrogens with one attached hydrogen (secondary N) is 3. The number of hydrogen-bond donors (Lipinski definition) is 4. The zero-order valence-electron chi connectivity index (χ0n) is 13.7. The van der Waals surface area contributed by atoms with Crippen LogP contribution in [0.3, 0.4) is 0 Å². The quantitative estimate of drug-likeness (QED) is 0.426. The monoisotopic (exact) mass is 333 g/mol. The third-order valence-corrected chi connectivity index (χ3v) is 3.49. The molecule has 0 spiro atoms. The fraction of sp³-hybridized carbons (Fsp3) is 0.786. The lowest BCUT2D eigenvalue weighted by Crippen LogP contribution is -2.50. The maximum Gasteiger partial charge on any atom is 0.328 e. The van der Waals surface area contributed by atoms with E-state index in [1.165, 1.54) is 0 Å². The number of aliphatic carboxylic acids is 1. The van der Waals surface area contributed by atoms with E-state index in [2.05, 4.69) is 16.0 Å². The molecule has 0 aliphatic rings. The molecule has 0 fully saturated rings. The summed E-state index contributed by atoms with van der Waals surface area (Å²) >= 11 is 1.61. The highest BCUT2D eigenvalue weighted by Gasteiger charge is 2.20. The van der Waals surface area contributed by atoms with Crippen LogP contribution < -0.4 is 16.0 Å². The van der Waals surface area contributed by atoms with Crippen LogP contribution in [0.15, 0.2) is 0 Å². The number of carboxylic acid groups (broad SMARTS) is 1. The van der Waals surface area contributed by atoms with E-state index in [0.717, 1.165) is 5.75 Å². The fourth-order valence-electron chi connectivity index (χ4n) is 1.40. The highest BCUT2D eigenvalue weighted by Crippen LogP contribution is 2.01. The molecule has 8 heteroatoms. The largest absolute Gasteiger partial charge is 0.480 e. The average Bonchev–Trinajstić information content (AvgIpc) is 2.40. The van der Waals surface area contributed by atoms with Crippen molar-refractivity contribution in [3.63, 3.8) is 0 Å². The number of thioether (sulfide) groups is 1. The molecule has 0 saturated carbocycles. The Hall–Kier alpha value is -1.28. The smallest absolute Gasteiger partial charge is 0.328 e. The lowest BCUT2D eigenvalue weighted by molar-refractivity contribution is -0.141. The molecule has 0 rings (SSSR count). The van der Waals surface area contributed by atoms with Gasteiger partial charge >= 0.3 is 5.97 Å². The first kappa shape index (κ1) is 20.7. The minimum Gasteiger partial charge on any atom is -0.480 e. The molecule has 2 amide bonds. The van der Waals surface area contributed by atoms with Crippen molar-refractivity contribution >= 4 is 29.5 Å². The first-order valence-electron chi connectivity index (χ1n) is 7.27. The van der Waals surface area contributed by atoms with Gasteiger partial charge in [0.2, 0.25) is 11.8 Å². The summed E-state index contributed by atoms with van der Waals surface area (Å²) in [5.74, 6) is -0.240. The molecule has 0 saturated heterocycles. The third kappa shape index (κ3) is 11.4. The first-order chi connectivity index (χ1) is 10.2. The summed E-state index contributed by atoms with van der Waals surface area (Å²) in [5.41, 5.74) is -0.200. The highest BCUT2D eigenvalue weighted by atomic mass is 32.2. The molecular weight excluding hydrogens is 306 g/mol. The summed E-state index contributed by atoms with van der Waals surface area (Å²) in [6, 6.07) is -1.11. The van der Waals surface area contributed by atoms with Gasteiger partial charge in [-0.05, 0) is 26.5 Å². The van der Waals surface area contributed by atoms with E-state index in [4.69, 9.17) is 5.11 Å². The topological polar surface area (TPSA) is 108 Å². The predicted molar refractivity (Wildman–Crippen MR) is 87.9 cm³/mol. The van der Waals surface area contributed by atoms with E-state index in [0.29, 0.717) is 5.75 Å². The van der Waals surface area contributed by atoms with E-state index in [1.807, 2.05) is 27.7 Å². The van der Waals surface area contributed by atoms with Gasteiger partial charge in [0, 0.05) is 24.3 Å². The Morgan fingerprint density at radius 1 is 1.18 bits per heavy atom. The van der Waals surface area contributed by atoms with Crippen LogP contribution in [0, 0.1) is 0 Å². The summed E-state index contributed by atoms with van der Waals surface area (Å²) in [6.45, 7) is 7.73. The van der Waals surface area contributed by atoms with Crippen molar-refractivity contribution in [3.05, 3.63) is 0 Å². The van der Waals surface area contributed by atoms with Crippen LogP contribution in [0.5, 0.6) is 0 Å². The molecule has 0 aromatic heterocycles. The molecule has 0 aliphatic carbocycles. The van der Waals surface area contributed by atoms with Crippen LogP contribution in [0.4, 0.5) is 0 Å². The van der Waals surface area contributed by atoms with E-state index >= 15 is 0 Å². The second-order valence-electron chi connectivity index (χ2n) is 5.81. The van der Waals surface area contributed by atoms with Crippen LogP contribution >= 0.6 is 11.8 Å². The molecule has 128 valence electrons. The van der Waals surface area contributed by atoms with Crippen molar-refractivity contribution in [2.75, 3.05) is 24.6 Å². The molecule has 0 unspecified atom stereocenters. The minimum absolute atomic E-state index is 0.0942. The van der Waals surface area contributed by atoms with Crippen LogP contribution in [0.1, 0.15) is 34.1 Å². The minimum atomic E-state index is -1.17. The molecule has 0 aromatic carbocycles. The maximum atomic E-state index is 11.6. The van der Waals surface area contributed by atoms with Crippen LogP contribution in [0.25, 0.3) is 0 Å². The molecule has 0 heterocycles. The molecule has 0 aliphatic heterocycles. The molecule has 0 bridgehead atoms. The van der Waals surface area contributed by atoms with Gasteiger partial charge in [-0.25, -0.2) is 4.79 Å². The van der Waals surface area contributed by atoms with Crippen LogP contribution in [-0.2, 0) is 14.4 Å². The Bertz CT molecular complexity index is 383. The number of hydrogen-bond acceptors (Lipinski definition) is 5. The van der Waals surface area contributed by atoms with E-state index in [-0.39, 0.29) is 36.9 Å². The summed E-state index contributed by atoms with van der Waals surface area (Å²) in [7, 11) is 0. The van der Waals surface area contributed by atoms with Gasteiger partial charge in [0.15, 0.2) is 0 Å². The summed E-state index contributed by atoms with van der Waals surface area (Å²) in [5, 5.41) is 17.0. The van der Waals surface area contributed by atoms with Crippen molar-refractivity contribution in [1.82, 2.24) is 16.0 Å². The van der Waals surface area contributed by atoms with Crippen LogP contribution in [0.2, 0.25) is 0 Å². The Morgan fingerprint density at radius 2 is 1.82 bits per heavy atom. The molecule has 7 nitrogen and oxygen atoms in total. The summed E-state index contributed by atoms with van der Waals surface area (Å²) in [6.07, 6.45) is 0.266. The second kappa shape index (κ2) is 10.4. The third-order valence-electron chi connectivity index (χ3n) is 2.59. The SMILES string of the molecule is CCSCCC(=O)N[C@H](CNC(=O)CNC(C)(C)C)C(=O)O. The average molecular weight is 333 g/mol. The Balaban J connectivity index is 4.17. The lowest BCUT2D eigenvalue weighted by atomic mass is 10.1. The summed E-state index contributed by atoms with van der Waals surface area (Å²) < 4.78 is 0. The van der Waals surface area contributed by atoms with Crippen molar-refractivity contribution in [3.8, 4) is 0 Å². The van der Waals surface area contributed by atoms with Gasteiger partial charge in [-0.1, -0.05) is 6.92 Å². The summed E-state index contributed by atoms with van der Waals surface area (Å²) in [4.78, 5) is 34.4. The number of amides is 2. The molecule has 0 radical (unpaired) electrons. The van der Waals surface area contributed by atoms with E-state index in [9.17, 15) is 14.4 Å². The van der Waals surface area contributed by atoms with Gasteiger partial charge in [0.25, 0.3) is 0 Å². The van der Waals surface area contributed by atoms with Gasteiger partial charge in [0.05, 0.1) is 6.54 Å². The zero-order valence-corrected chi connectivity index (χ0v) is 14.5.